The number of nitrogens with zero attached hydrogens (tertiary/aromatic N) is 1. The standard InChI is InChI=1S/C14H11NO4S/c16-13(11-7-3-1-4-8-11)14-15(19-14)20(17,18)12-9-5-2-6-10-12/h1-10,14H. The molecule has 0 spiro atoms. The summed E-state index contributed by atoms with van der Waals surface area (Å²) < 4.78 is 25.1. The Labute approximate surface area is 116 Å². The van der Waals surface area contributed by atoms with Gasteiger partial charge in [0.2, 0.25) is 12.0 Å². The van der Waals surface area contributed by atoms with E-state index in [1.807, 2.05) is 0 Å². The van der Waals surface area contributed by atoms with Crippen LogP contribution in [0.4, 0.5) is 0 Å². The van der Waals surface area contributed by atoms with E-state index in [-0.39, 0.29) is 10.7 Å². The van der Waals surface area contributed by atoms with Gasteiger partial charge in [-0.05, 0) is 16.6 Å². The van der Waals surface area contributed by atoms with Gasteiger partial charge in [0, 0.05) is 5.56 Å². The largest absolute Gasteiger partial charge is 0.289 e. The molecule has 0 radical (unpaired) electrons. The Hall–Kier alpha value is -2.02. The van der Waals surface area contributed by atoms with E-state index in [9.17, 15) is 13.2 Å². The minimum atomic E-state index is -3.78. The Morgan fingerprint density at radius 3 is 2.10 bits per heavy atom. The summed E-state index contributed by atoms with van der Waals surface area (Å²) in [6, 6.07) is 16.3. The summed E-state index contributed by atoms with van der Waals surface area (Å²) in [5.41, 5.74) is 0.420. The number of hydrogen-bond donors (Lipinski definition) is 0. The van der Waals surface area contributed by atoms with Crippen molar-refractivity contribution in [3.05, 3.63) is 66.2 Å². The molecule has 1 saturated heterocycles. The molecule has 5 nitrogen and oxygen atoms in total. The fourth-order valence-corrected chi connectivity index (χ4v) is 3.09. The molecule has 0 aliphatic carbocycles. The Kier molecular flexibility index (Phi) is 3.13. The van der Waals surface area contributed by atoms with E-state index in [4.69, 9.17) is 4.84 Å². The van der Waals surface area contributed by atoms with Crippen LogP contribution in [-0.4, -0.2) is 24.9 Å². The van der Waals surface area contributed by atoms with Crippen molar-refractivity contribution in [2.45, 2.75) is 11.1 Å². The molecule has 1 aliphatic rings. The van der Waals surface area contributed by atoms with Crippen molar-refractivity contribution < 1.29 is 18.0 Å². The summed E-state index contributed by atoms with van der Waals surface area (Å²) in [5, 5.41) is 0. The van der Waals surface area contributed by atoms with E-state index in [1.165, 1.54) is 12.1 Å². The average molecular weight is 289 g/mol. The molecule has 1 heterocycles. The third-order valence-electron chi connectivity index (χ3n) is 2.91. The highest BCUT2D eigenvalue weighted by Gasteiger charge is 2.52. The van der Waals surface area contributed by atoms with Gasteiger partial charge in [-0.1, -0.05) is 48.5 Å². The zero-order chi connectivity index (χ0) is 14.2. The second kappa shape index (κ2) is 4.82. The topological polar surface area (TPSA) is 66.8 Å². The molecule has 1 fully saturated rings. The second-order valence-corrected chi connectivity index (χ2v) is 6.04. The molecule has 1 aliphatic heterocycles. The quantitative estimate of drug-likeness (QED) is 0.636. The highest BCUT2D eigenvalue weighted by Crippen LogP contribution is 2.32. The minimum absolute atomic E-state index is 0.100. The van der Waals surface area contributed by atoms with E-state index in [0.717, 1.165) is 4.47 Å². The monoisotopic (exact) mass is 289 g/mol. The fraction of sp³-hybridized carbons (Fsp3) is 0.0714. The number of sulfonamides is 1. The molecule has 20 heavy (non-hydrogen) atoms. The summed E-state index contributed by atoms with van der Waals surface area (Å²) >= 11 is 0. The first kappa shape index (κ1) is 13.0. The van der Waals surface area contributed by atoms with Crippen LogP contribution < -0.4 is 0 Å². The van der Waals surface area contributed by atoms with Crippen LogP contribution in [0.3, 0.4) is 0 Å². The number of carbonyl (C=O) groups excluding carboxylic acids is 1. The van der Waals surface area contributed by atoms with Crippen molar-refractivity contribution >= 4 is 15.8 Å². The van der Waals surface area contributed by atoms with Crippen molar-refractivity contribution in [2.24, 2.45) is 0 Å². The van der Waals surface area contributed by atoms with Crippen molar-refractivity contribution in [2.75, 3.05) is 0 Å². The van der Waals surface area contributed by atoms with Crippen LogP contribution >= 0.6 is 0 Å². The maximum Gasteiger partial charge on any atom is 0.268 e. The third-order valence-corrected chi connectivity index (χ3v) is 4.53. The number of hydroxylamine groups is 1. The van der Waals surface area contributed by atoms with Gasteiger partial charge in [0.25, 0.3) is 10.0 Å². The molecular weight excluding hydrogens is 278 g/mol. The van der Waals surface area contributed by atoms with Crippen molar-refractivity contribution in [3.63, 3.8) is 0 Å². The number of ketones is 1. The molecular formula is C14H11NO4S. The number of Topliss-reactive ketones (excluding diaryl/α,β-unsaturated/α-hetero) is 1. The number of benzene rings is 2. The molecule has 0 amide bonds. The summed E-state index contributed by atoms with van der Waals surface area (Å²) in [7, 11) is -3.78. The van der Waals surface area contributed by atoms with Gasteiger partial charge in [-0.25, -0.2) is 13.3 Å². The van der Waals surface area contributed by atoms with Crippen LogP contribution in [-0.2, 0) is 14.9 Å². The minimum Gasteiger partial charge on any atom is -0.289 e. The molecule has 6 heteroatoms. The predicted molar refractivity (Wildman–Crippen MR) is 71.1 cm³/mol. The highest BCUT2D eigenvalue weighted by atomic mass is 32.2. The molecule has 0 aromatic heterocycles. The van der Waals surface area contributed by atoms with Crippen LogP contribution in [0.25, 0.3) is 0 Å². The van der Waals surface area contributed by atoms with Gasteiger partial charge in [0.15, 0.2) is 0 Å². The summed E-state index contributed by atoms with van der Waals surface area (Å²) in [5.74, 6) is -0.370. The summed E-state index contributed by atoms with van der Waals surface area (Å²) in [6.07, 6.45) is -1.07. The van der Waals surface area contributed by atoms with Crippen molar-refractivity contribution in [3.8, 4) is 0 Å². The van der Waals surface area contributed by atoms with Gasteiger partial charge in [-0.2, -0.15) is 0 Å². The van der Waals surface area contributed by atoms with Crippen LogP contribution in [0.1, 0.15) is 10.4 Å². The number of hydrogen-bond acceptors (Lipinski definition) is 4. The van der Waals surface area contributed by atoms with Gasteiger partial charge >= 0.3 is 0 Å². The van der Waals surface area contributed by atoms with E-state index in [1.54, 1.807) is 48.5 Å². The SMILES string of the molecule is O=C(c1ccccc1)C1ON1S(=O)(=O)c1ccccc1. The van der Waals surface area contributed by atoms with Gasteiger partial charge in [-0.3, -0.25) is 4.79 Å². The van der Waals surface area contributed by atoms with Crippen LogP contribution in [0, 0.1) is 0 Å². The van der Waals surface area contributed by atoms with E-state index in [2.05, 4.69) is 0 Å². The molecule has 2 unspecified atom stereocenters. The van der Waals surface area contributed by atoms with Gasteiger partial charge in [0.05, 0.1) is 4.90 Å². The summed E-state index contributed by atoms with van der Waals surface area (Å²) in [4.78, 5) is 17.1. The zero-order valence-corrected chi connectivity index (χ0v) is 11.2. The van der Waals surface area contributed by atoms with Gasteiger partial charge < -0.3 is 0 Å². The van der Waals surface area contributed by atoms with Crippen LogP contribution in [0.15, 0.2) is 65.6 Å². The smallest absolute Gasteiger partial charge is 0.268 e. The fourth-order valence-electron chi connectivity index (χ4n) is 1.84. The Bertz CT molecular complexity index is 728. The Morgan fingerprint density at radius 1 is 0.950 bits per heavy atom. The molecule has 2 aromatic carbocycles. The van der Waals surface area contributed by atoms with Crippen LogP contribution in [0.2, 0.25) is 0 Å². The van der Waals surface area contributed by atoms with Gasteiger partial charge in [-0.15, -0.1) is 0 Å². The molecule has 0 N–H and O–H groups in total. The first-order valence-corrected chi connectivity index (χ1v) is 7.40. The number of rotatable bonds is 4. The Balaban J connectivity index is 1.81. The molecule has 2 aromatic rings. The molecule has 0 bridgehead atoms. The Morgan fingerprint density at radius 2 is 1.50 bits per heavy atom. The average Bonchev–Trinajstić information content (AvgIpc) is 3.29. The number of carbonyl (C=O) groups is 1. The summed E-state index contributed by atoms with van der Waals surface area (Å²) in [6.45, 7) is 0. The van der Waals surface area contributed by atoms with Crippen molar-refractivity contribution in [1.82, 2.24) is 4.47 Å². The lowest BCUT2D eigenvalue weighted by Gasteiger charge is -2.01. The lowest BCUT2D eigenvalue weighted by molar-refractivity contribution is 0.0953. The lowest BCUT2D eigenvalue weighted by atomic mass is 10.1. The van der Waals surface area contributed by atoms with E-state index >= 15 is 0 Å². The second-order valence-electron chi connectivity index (χ2n) is 4.26. The van der Waals surface area contributed by atoms with E-state index in [0.29, 0.717) is 5.56 Å². The molecule has 102 valence electrons. The normalized spacial score (nSPS) is 21.4. The van der Waals surface area contributed by atoms with Crippen LogP contribution in [0.5, 0.6) is 0 Å². The maximum absolute atomic E-state index is 12.2. The maximum atomic E-state index is 12.2. The molecule has 0 saturated carbocycles. The molecule has 2 atom stereocenters. The van der Waals surface area contributed by atoms with Crippen molar-refractivity contribution in [1.29, 1.82) is 0 Å². The van der Waals surface area contributed by atoms with E-state index < -0.39 is 16.3 Å². The lowest BCUT2D eigenvalue weighted by Crippen LogP contribution is -2.19. The highest BCUT2D eigenvalue weighted by molar-refractivity contribution is 7.89. The first-order chi connectivity index (χ1) is 9.60. The zero-order valence-electron chi connectivity index (χ0n) is 10.3. The van der Waals surface area contributed by atoms with Gasteiger partial charge in [0.1, 0.15) is 0 Å². The third kappa shape index (κ3) is 2.24. The molecule has 3 rings (SSSR count). The first-order valence-electron chi connectivity index (χ1n) is 5.96. The predicted octanol–water partition coefficient (Wildman–Crippen LogP) is 1.83.